The molecule has 0 amide bonds. The van der Waals surface area contributed by atoms with Crippen molar-refractivity contribution in [3.8, 4) is 0 Å². The van der Waals surface area contributed by atoms with Crippen LogP contribution in [0.3, 0.4) is 0 Å². The molecule has 0 fully saturated rings. The molecule has 0 spiro atoms. The van der Waals surface area contributed by atoms with E-state index in [9.17, 15) is 4.79 Å². The number of carboxylic acid groups (broad SMARTS) is 2. The van der Waals surface area contributed by atoms with E-state index in [0.29, 0.717) is 13.0 Å². The van der Waals surface area contributed by atoms with Crippen LogP contribution in [0.5, 0.6) is 0 Å². The predicted octanol–water partition coefficient (Wildman–Crippen LogP) is 0.727. The summed E-state index contributed by atoms with van der Waals surface area (Å²) in [7, 11) is 0. The Labute approximate surface area is 113 Å². The molecule has 0 aromatic carbocycles. The van der Waals surface area contributed by atoms with Crippen molar-refractivity contribution in [1.29, 1.82) is 0 Å². The van der Waals surface area contributed by atoms with E-state index in [2.05, 4.69) is 0 Å². The van der Waals surface area contributed by atoms with Crippen LogP contribution < -0.4 is 0 Å². The van der Waals surface area contributed by atoms with Crippen LogP contribution in [0.2, 0.25) is 0 Å². The van der Waals surface area contributed by atoms with Crippen molar-refractivity contribution in [2.75, 3.05) is 13.2 Å². The van der Waals surface area contributed by atoms with Gasteiger partial charge in [0.05, 0.1) is 25.4 Å². The van der Waals surface area contributed by atoms with Gasteiger partial charge in [-0.05, 0) is 20.3 Å². The van der Waals surface area contributed by atoms with Crippen molar-refractivity contribution in [3.63, 3.8) is 0 Å². The highest BCUT2D eigenvalue weighted by molar-refractivity contribution is 5.66. The lowest BCUT2D eigenvalue weighted by molar-refractivity contribution is -0.137. The van der Waals surface area contributed by atoms with Gasteiger partial charge in [0, 0.05) is 13.3 Å². The van der Waals surface area contributed by atoms with E-state index >= 15 is 0 Å². The van der Waals surface area contributed by atoms with Crippen molar-refractivity contribution < 1.29 is 34.8 Å². The molecule has 0 saturated carbocycles. The fourth-order valence-electron chi connectivity index (χ4n) is 0.570. The maximum atomic E-state index is 9.60. The molecule has 7 heteroatoms. The first-order valence-electron chi connectivity index (χ1n) is 5.99. The molecule has 0 bridgehead atoms. The molecule has 0 aromatic rings. The molecule has 2 unspecified atom stereocenters. The highest BCUT2D eigenvalue weighted by Gasteiger charge is 2.00. The second-order valence-electron chi connectivity index (χ2n) is 3.84. The summed E-state index contributed by atoms with van der Waals surface area (Å²) in [6.45, 7) is 6.62. The quantitative estimate of drug-likeness (QED) is 0.566. The number of hydrogen-bond acceptors (Lipinski definition) is 5. The fourth-order valence-corrected chi connectivity index (χ4v) is 0.570. The van der Waals surface area contributed by atoms with Gasteiger partial charge < -0.3 is 25.2 Å². The molecule has 0 rings (SSSR count). The van der Waals surface area contributed by atoms with E-state index < -0.39 is 18.0 Å². The van der Waals surface area contributed by atoms with E-state index in [-0.39, 0.29) is 12.7 Å². The van der Waals surface area contributed by atoms with E-state index in [4.69, 9.17) is 30.0 Å². The standard InChI is InChI=1S/C6H14O3.C4H8O2.C2H4O2/c1-5(8)4-9-6(2)3-7;1-2-3-4(5)6;1-2(3)4/h5-8H,3-4H2,1-2H3;2-3H2,1H3,(H,5,6);1H3,(H,3,4). The van der Waals surface area contributed by atoms with Gasteiger partial charge >= 0.3 is 5.97 Å². The summed E-state index contributed by atoms with van der Waals surface area (Å²) in [4.78, 5) is 18.6. The highest BCUT2D eigenvalue weighted by atomic mass is 16.5. The number of rotatable bonds is 6. The number of carboxylic acids is 2. The molecule has 0 aliphatic rings. The summed E-state index contributed by atoms with van der Waals surface area (Å²) in [6, 6.07) is 0. The molecule has 0 aliphatic carbocycles. The van der Waals surface area contributed by atoms with Crippen molar-refractivity contribution in [2.45, 2.75) is 52.7 Å². The van der Waals surface area contributed by atoms with Crippen molar-refractivity contribution in [1.82, 2.24) is 0 Å². The van der Waals surface area contributed by atoms with E-state index in [1.165, 1.54) is 0 Å². The van der Waals surface area contributed by atoms with Crippen LogP contribution in [-0.2, 0) is 14.3 Å². The lowest BCUT2D eigenvalue weighted by atomic mass is 10.4. The van der Waals surface area contributed by atoms with Gasteiger partial charge in [-0.15, -0.1) is 0 Å². The summed E-state index contributed by atoms with van der Waals surface area (Å²) in [6.07, 6.45) is 0.411. The van der Waals surface area contributed by atoms with Crippen LogP contribution in [-0.4, -0.2) is 57.8 Å². The Bertz CT molecular complexity index is 212. The minimum atomic E-state index is -0.833. The average molecular weight is 282 g/mol. The number of aliphatic hydroxyl groups excluding tert-OH is 2. The zero-order chi connectivity index (χ0) is 15.8. The van der Waals surface area contributed by atoms with Gasteiger partial charge in [0.1, 0.15) is 0 Å². The Balaban J connectivity index is -0.000000222. The smallest absolute Gasteiger partial charge is 0.303 e. The molecule has 0 radical (unpaired) electrons. The zero-order valence-electron chi connectivity index (χ0n) is 12.0. The largest absolute Gasteiger partial charge is 0.481 e. The Morgan fingerprint density at radius 3 is 1.79 bits per heavy atom. The predicted molar refractivity (Wildman–Crippen MR) is 70.0 cm³/mol. The van der Waals surface area contributed by atoms with Gasteiger partial charge in [-0.1, -0.05) is 6.92 Å². The topological polar surface area (TPSA) is 124 Å². The monoisotopic (exact) mass is 282 g/mol. The van der Waals surface area contributed by atoms with Crippen LogP contribution in [0.1, 0.15) is 40.5 Å². The number of ether oxygens (including phenoxy) is 1. The second kappa shape index (κ2) is 16.8. The van der Waals surface area contributed by atoms with Crippen LogP contribution in [0.4, 0.5) is 0 Å². The van der Waals surface area contributed by atoms with E-state index in [1.807, 2.05) is 6.92 Å². The average Bonchev–Trinajstić information content (AvgIpc) is 2.25. The Kier molecular flexibility index (Phi) is 20.3. The molecule has 116 valence electrons. The van der Waals surface area contributed by atoms with Crippen molar-refractivity contribution >= 4 is 11.9 Å². The lowest BCUT2D eigenvalue weighted by Crippen LogP contribution is -2.19. The summed E-state index contributed by atoms with van der Waals surface area (Å²) in [5, 5.41) is 32.5. The molecule has 0 saturated heterocycles. The molecule has 7 nitrogen and oxygen atoms in total. The third-order valence-electron chi connectivity index (χ3n) is 1.34. The Morgan fingerprint density at radius 1 is 1.21 bits per heavy atom. The number of carbonyl (C=O) groups is 2. The summed E-state index contributed by atoms with van der Waals surface area (Å²) in [5.41, 5.74) is 0. The maximum absolute atomic E-state index is 9.60. The molecule has 0 heterocycles. The highest BCUT2D eigenvalue weighted by Crippen LogP contribution is 1.90. The molecular formula is C12H26O7. The molecule has 19 heavy (non-hydrogen) atoms. The van der Waals surface area contributed by atoms with Crippen LogP contribution in [0.25, 0.3) is 0 Å². The normalized spacial score (nSPS) is 12.1. The minimum absolute atomic E-state index is 0.00667. The Hall–Kier alpha value is -1.18. The summed E-state index contributed by atoms with van der Waals surface area (Å²) in [5.74, 6) is -1.54. The first-order valence-corrected chi connectivity index (χ1v) is 5.99. The molecule has 0 aromatic heterocycles. The number of aliphatic hydroxyl groups is 2. The zero-order valence-corrected chi connectivity index (χ0v) is 12.0. The third-order valence-corrected chi connectivity index (χ3v) is 1.34. The SMILES string of the molecule is CC(=O)O.CC(O)COC(C)CO.CCCC(=O)O. The molecular weight excluding hydrogens is 256 g/mol. The van der Waals surface area contributed by atoms with Crippen LogP contribution in [0.15, 0.2) is 0 Å². The summed E-state index contributed by atoms with van der Waals surface area (Å²) >= 11 is 0. The first kappa shape index (κ1) is 23.0. The molecule has 2 atom stereocenters. The van der Waals surface area contributed by atoms with E-state index in [0.717, 1.165) is 13.3 Å². The van der Waals surface area contributed by atoms with Crippen LogP contribution >= 0.6 is 0 Å². The lowest BCUT2D eigenvalue weighted by Gasteiger charge is -2.10. The van der Waals surface area contributed by atoms with Gasteiger partial charge in [-0.25, -0.2) is 0 Å². The fraction of sp³-hybridized carbons (Fsp3) is 0.833. The number of hydrogen-bond donors (Lipinski definition) is 4. The van der Waals surface area contributed by atoms with Crippen molar-refractivity contribution in [2.24, 2.45) is 0 Å². The summed E-state index contributed by atoms with van der Waals surface area (Å²) < 4.78 is 4.95. The molecule has 4 N–H and O–H groups in total. The number of aliphatic carboxylic acids is 2. The second-order valence-corrected chi connectivity index (χ2v) is 3.84. The van der Waals surface area contributed by atoms with Gasteiger partial charge in [0.2, 0.25) is 0 Å². The minimum Gasteiger partial charge on any atom is -0.481 e. The third kappa shape index (κ3) is 47.5. The molecule has 0 aliphatic heterocycles. The Morgan fingerprint density at radius 2 is 1.63 bits per heavy atom. The van der Waals surface area contributed by atoms with Gasteiger partial charge in [-0.2, -0.15) is 0 Å². The van der Waals surface area contributed by atoms with Gasteiger partial charge in [-0.3, -0.25) is 9.59 Å². The maximum Gasteiger partial charge on any atom is 0.303 e. The van der Waals surface area contributed by atoms with E-state index in [1.54, 1.807) is 13.8 Å². The first-order chi connectivity index (χ1) is 8.67. The van der Waals surface area contributed by atoms with Gasteiger partial charge in [0.15, 0.2) is 0 Å². The van der Waals surface area contributed by atoms with Crippen molar-refractivity contribution in [3.05, 3.63) is 0 Å². The van der Waals surface area contributed by atoms with Crippen LogP contribution in [0, 0.1) is 0 Å². The van der Waals surface area contributed by atoms with Gasteiger partial charge in [0.25, 0.3) is 5.97 Å².